The molecular formula is C35H44N4O6. The second-order valence-corrected chi connectivity index (χ2v) is 12.1. The van der Waals surface area contributed by atoms with Crippen molar-refractivity contribution in [3.63, 3.8) is 0 Å². The summed E-state index contributed by atoms with van der Waals surface area (Å²) >= 11 is 0. The number of piperidine rings is 1. The van der Waals surface area contributed by atoms with Crippen molar-refractivity contribution in [2.75, 3.05) is 45.3 Å². The van der Waals surface area contributed by atoms with Crippen molar-refractivity contribution in [3.05, 3.63) is 102 Å². The molecule has 3 aromatic carbocycles. The first-order chi connectivity index (χ1) is 22.0. The maximum Gasteiger partial charge on any atom is 0.410 e. The zero-order chi connectivity index (χ0) is 31.6. The minimum Gasteiger partial charge on any atom is -0.445 e. The Morgan fingerprint density at radius 2 is 1.58 bits per heavy atom. The standard InChI is InChI=1S/C35H44N4O6/c1-37(34(41)28-10-6-3-7-11-28)32-22-29(33(23-32)27-8-4-2-5-9-27)24-38-18-16-31(17-19-38)39(20-21-40)35(42)44-25-26-12-14-30(15-13-26)36-45-43/h2-15,29,31-33,36,40,43H,16-25H2,1H3/t29-,32?,33-/m1/s1. The molecule has 2 aliphatic rings. The lowest BCUT2D eigenvalue weighted by molar-refractivity contribution is -0.215. The van der Waals surface area contributed by atoms with Crippen molar-refractivity contribution in [3.8, 4) is 0 Å². The Bertz CT molecular complexity index is 1350. The van der Waals surface area contributed by atoms with Gasteiger partial charge in [0.2, 0.25) is 0 Å². The van der Waals surface area contributed by atoms with Gasteiger partial charge in [0, 0.05) is 50.9 Å². The number of carbonyl (C=O) groups excluding carboxylic acids is 2. The van der Waals surface area contributed by atoms with Crippen LogP contribution in [0.15, 0.2) is 84.9 Å². The van der Waals surface area contributed by atoms with Crippen LogP contribution in [-0.2, 0) is 16.3 Å². The molecule has 3 aromatic rings. The fourth-order valence-electron chi connectivity index (χ4n) is 6.90. The average Bonchev–Trinajstić information content (AvgIpc) is 3.51. The molecule has 1 unspecified atom stereocenters. The van der Waals surface area contributed by atoms with E-state index in [-0.39, 0.29) is 37.7 Å². The summed E-state index contributed by atoms with van der Waals surface area (Å²) in [5, 5.41) is 18.2. The summed E-state index contributed by atoms with van der Waals surface area (Å²) in [7, 11) is 1.93. The minimum atomic E-state index is -0.433. The highest BCUT2D eigenvalue weighted by molar-refractivity contribution is 5.94. The van der Waals surface area contributed by atoms with Gasteiger partial charge in [0.15, 0.2) is 0 Å². The molecule has 10 heteroatoms. The van der Waals surface area contributed by atoms with Crippen molar-refractivity contribution >= 4 is 17.7 Å². The van der Waals surface area contributed by atoms with Gasteiger partial charge in [-0.2, -0.15) is 0 Å². The number of ether oxygens (including phenoxy) is 1. The first kappa shape index (κ1) is 32.4. The fraction of sp³-hybridized carbons (Fsp3) is 0.429. The zero-order valence-corrected chi connectivity index (χ0v) is 25.8. The number of anilines is 1. The van der Waals surface area contributed by atoms with Crippen LogP contribution in [0, 0.1) is 5.92 Å². The summed E-state index contributed by atoms with van der Waals surface area (Å²) in [4.78, 5) is 36.4. The summed E-state index contributed by atoms with van der Waals surface area (Å²) < 4.78 is 5.61. The highest BCUT2D eigenvalue weighted by Gasteiger charge is 2.40. The van der Waals surface area contributed by atoms with E-state index in [1.54, 1.807) is 29.2 Å². The summed E-state index contributed by atoms with van der Waals surface area (Å²) in [6.07, 6.45) is 3.05. The van der Waals surface area contributed by atoms with E-state index in [1.165, 1.54) is 5.56 Å². The molecule has 0 aromatic heterocycles. The van der Waals surface area contributed by atoms with E-state index in [4.69, 9.17) is 9.99 Å². The minimum absolute atomic E-state index is 0.00921. The van der Waals surface area contributed by atoms with E-state index in [2.05, 4.69) is 39.6 Å². The molecule has 3 N–H and O–H groups in total. The highest BCUT2D eigenvalue weighted by Crippen LogP contribution is 2.42. The van der Waals surface area contributed by atoms with Gasteiger partial charge in [0.25, 0.3) is 5.91 Å². The molecule has 0 radical (unpaired) electrons. The van der Waals surface area contributed by atoms with Crippen molar-refractivity contribution in [1.82, 2.24) is 14.7 Å². The summed E-state index contributed by atoms with van der Waals surface area (Å²) in [5.74, 6) is 0.834. The molecule has 1 heterocycles. The van der Waals surface area contributed by atoms with E-state index < -0.39 is 6.09 Å². The third kappa shape index (κ3) is 8.40. The molecule has 45 heavy (non-hydrogen) atoms. The van der Waals surface area contributed by atoms with Crippen LogP contribution >= 0.6 is 0 Å². The van der Waals surface area contributed by atoms with Crippen LogP contribution in [0.4, 0.5) is 10.5 Å². The van der Waals surface area contributed by atoms with E-state index in [1.807, 2.05) is 48.3 Å². The first-order valence-corrected chi connectivity index (χ1v) is 15.8. The number of hydrogen-bond donors (Lipinski definition) is 3. The number of nitrogens with zero attached hydrogens (tertiary/aromatic N) is 3. The van der Waals surface area contributed by atoms with Crippen molar-refractivity contribution in [2.24, 2.45) is 5.92 Å². The molecule has 1 aliphatic carbocycles. The zero-order valence-electron chi connectivity index (χ0n) is 25.8. The van der Waals surface area contributed by atoms with Gasteiger partial charge in [-0.3, -0.25) is 4.79 Å². The molecule has 3 atom stereocenters. The van der Waals surface area contributed by atoms with Crippen LogP contribution in [-0.4, -0.2) is 89.0 Å². The average molecular weight is 617 g/mol. The number of hydrogen-bond acceptors (Lipinski definition) is 8. The molecule has 240 valence electrons. The SMILES string of the molecule is CN(C(=O)c1ccccc1)C1C[C@H](CN2CCC(N(CCO)C(=O)OCc3ccc(NOO)cc3)CC2)[C@@H](c2ccccc2)C1. The molecule has 10 nitrogen and oxygen atoms in total. The molecule has 2 fully saturated rings. The Kier molecular flexibility index (Phi) is 11.4. The molecule has 0 bridgehead atoms. The van der Waals surface area contributed by atoms with Crippen molar-refractivity contribution in [1.29, 1.82) is 0 Å². The summed E-state index contributed by atoms with van der Waals surface area (Å²) in [6.45, 7) is 2.83. The Labute approximate surface area is 265 Å². The maximum absolute atomic E-state index is 13.3. The topological polar surface area (TPSA) is 115 Å². The Morgan fingerprint density at radius 3 is 2.22 bits per heavy atom. The highest BCUT2D eigenvalue weighted by atomic mass is 17.2. The molecule has 1 saturated carbocycles. The van der Waals surface area contributed by atoms with Crippen LogP contribution in [0.1, 0.15) is 53.1 Å². The van der Waals surface area contributed by atoms with Crippen LogP contribution in [0.2, 0.25) is 0 Å². The van der Waals surface area contributed by atoms with Gasteiger partial charge >= 0.3 is 6.09 Å². The number of rotatable bonds is 12. The maximum atomic E-state index is 13.3. The Balaban J connectivity index is 1.17. The smallest absolute Gasteiger partial charge is 0.410 e. The van der Waals surface area contributed by atoms with E-state index in [9.17, 15) is 14.7 Å². The van der Waals surface area contributed by atoms with Gasteiger partial charge in [-0.05, 0) is 72.9 Å². The molecule has 1 saturated heterocycles. The largest absolute Gasteiger partial charge is 0.445 e. The molecular weight excluding hydrogens is 572 g/mol. The van der Waals surface area contributed by atoms with E-state index >= 15 is 0 Å². The van der Waals surface area contributed by atoms with Gasteiger partial charge in [-0.1, -0.05) is 60.7 Å². The molecule has 2 amide bonds. The molecule has 5 rings (SSSR count). The monoisotopic (exact) mass is 616 g/mol. The lowest BCUT2D eigenvalue weighted by atomic mass is 9.88. The van der Waals surface area contributed by atoms with Crippen LogP contribution in [0.25, 0.3) is 0 Å². The molecule has 0 spiro atoms. The summed E-state index contributed by atoms with van der Waals surface area (Å²) in [6, 6.07) is 27.3. The second-order valence-electron chi connectivity index (χ2n) is 12.1. The normalized spacial score (nSPS) is 20.5. The molecule has 1 aliphatic heterocycles. The second kappa shape index (κ2) is 15.9. The number of benzene rings is 3. The third-order valence-corrected chi connectivity index (χ3v) is 9.33. The number of aliphatic hydroxyl groups excluding tert-OH is 1. The lowest BCUT2D eigenvalue weighted by Gasteiger charge is -2.39. The number of likely N-dealkylation sites (tertiary alicyclic amines) is 1. The van der Waals surface area contributed by atoms with Crippen molar-refractivity contribution in [2.45, 2.75) is 50.3 Å². The number of carbonyl (C=O) groups is 2. The van der Waals surface area contributed by atoms with E-state index in [0.717, 1.165) is 56.4 Å². The number of aliphatic hydroxyl groups is 1. The van der Waals surface area contributed by atoms with Gasteiger partial charge in [-0.15, -0.1) is 4.99 Å². The van der Waals surface area contributed by atoms with Crippen LogP contribution in [0.5, 0.6) is 0 Å². The first-order valence-electron chi connectivity index (χ1n) is 15.8. The van der Waals surface area contributed by atoms with Gasteiger partial charge in [0.1, 0.15) is 6.61 Å². The van der Waals surface area contributed by atoms with Gasteiger partial charge in [-0.25, -0.2) is 15.5 Å². The predicted octanol–water partition coefficient (Wildman–Crippen LogP) is 5.23. The fourth-order valence-corrected chi connectivity index (χ4v) is 6.90. The Hall–Kier alpha value is -3.96. The quantitative estimate of drug-likeness (QED) is 0.187. The predicted molar refractivity (Wildman–Crippen MR) is 171 cm³/mol. The van der Waals surface area contributed by atoms with Crippen LogP contribution in [0.3, 0.4) is 0 Å². The number of nitrogens with one attached hydrogen (secondary N) is 1. The van der Waals surface area contributed by atoms with Crippen LogP contribution < -0.4 is 5.48 Å². The van der Waals surface area contributed by atoms with Gasteiger partial charge < -0.3 is 24.5 Å². The van der Waals surface area contributed by atoms with E-state index in [0.29, 0.717) is 17.5 Å². The Morgan fingerprint density at radius 1 is 0.911 bits per heavy atom. The lowest BCUT2D eigenvalue weighted by Crippen LogP contribution is -2.49. The third-order valence-electron chi connectivity index (χ3n) is 9.33. The van der Waals surface area contributed by atoms with Crippen molar-refractivity contribution < 1.29 is 29.7 Å². The number of amides is 2. The van der Waals surface area contributed by atoms with Gasteiger partial charge in [0.05, 0.1) is 12.3 Å². The summed E-state index contributed by atoms with van der Waals surface area (Å²) in [5.41, 5.74) is 5.73.